The number of likely N-dealkylation sites (N-methyl/N-ethyl adjacent to an activating group) is 1. The first kappa shape index (κ1) is 18.5. The summed E-state index contributed by atoms with van der Waals surface area (Å²) < 4.78 is 0. The molecule has 0 bridgehead atoms. The lowest BCUT2D eigenvalue weighted by Crippen LogP contribution is -2.64. The molecule has 3 aliphatic rings. The van der Waals surface area contributed by atoms with Crippen LogP contribution in [0.3, 0.4) is 0 Å². The molecule has 1 saturated heterocycles. The van der Waals surface area contributed by atoms with E-state index >= 15 is 0 Å². The first-order valence-electron chi connectivity index (χ1n) is 9.45. The van der Waals surface area contributed by atoms with E-state index in [0.717, 1.165) is 22.5 Å². The van der Waals surface area contributed by atoms with E-state index in [9.17, 15) is 9.59 Å². The summed E-state index contributed by atoms with van der Waals surface area (Å²) in [4.78, 5) is 37.1. The normalized spacial score (nSPS) is 23.9. The second-order valence-corrected chi connectivity index (χ2v) is 7.61. The Morgan fingerprint density at radius 1 is 1.11 bits per heavy atom. The summed E-state index contributed by atoms with van der Waals surface area (Å²) in [6.45, 7) is 6.22. The van der Waals surface area contributed by atoms with Gasteiger partial charge in [0.25, 0.3) is 5.91 Å². The molecule has 3 heterocycles. The minimum atomic E-state index is -0.581. The van der Waals surface area contributed by atoms with E-state index in [2.05, 4.69) is 32.0 Å². The number of nitrogens with zero attached hydrogens (tertiary/aromatic N) is 5. The van der Waals surface area contributed by atoms with E-state index in [1.807, 2.05) is 22.9 Å². The second-order valence-electron chi connectivity index (χ2n) is 7.61. The first-order chi connectivity index (χ1) is 13.3. The number of guanidine groups is 1. The van der Waals surface area contributed by atoms with Gasteiger partial charge >= 0.3 is 6.03 Å². The quantitative estimate of drug-likeness (QED) is 0.855. The third-order valence-corrected chi connectivity index (χ3v) is 5.39. The molecule has 2 unspecified atom stereocenters. The van der Waals surface area contributed by atoms with Crippen LogP contribution in [0.4, 0.5) is 10.5 Å². The summed E-state index contributed by atoms with van der Waals surface area (Å²) in [7, 11) is 1.67. The Morgan fingerprint density at radius 3 is 2.43 bits per heavy atom. The van der Waals surface area contributed by atoms with Crippen LogP contribution < -0.4 is 4.90 Å². The van der Waals surface area contributed by atoms with E-state index in [-0.39, 0.29) is 25.1 Å². The summed E-state index contributed by atoms with van der Waals surface area (Å²) in [5.74, 6) is 0.390. The third-order valence-electron chi connectivity index (χ3n) is 5.39. The van der Waals surface area contributed by atoms with Crippen LogP contribution in [0, 0.1) is 13.8 Å². The summed E-state index contributed by atoms with van der Waals surface area (Å²) in [6.07, 6.45) is 1.73. The molecule has 3 aliphatic heterocycles. The highest BCUT2D eigenvalue weighted by molar-refractivity contribution is 6.09. The fourth-order valence-corrected chi connectivity index (χ4v) is 4.19. The lowest BCUT2D eigenvalue weighted by Gasteiger charge is -2.40. The number of anilines is 1. The number of aliphatic imine (C=N–C) groups is 1. The molecular formula is C20H25N5O3. The van der Waals surface area contributed by atoms with Crippen molar-refractivity contribution in [2.24, 2.45) is 4.99 Å². The number of benzene rings is 1. The van der Waals surface area contributed by atoms with Gasteiger partial charge in [0.05, 0.1) is 0 Å². The largest absolute Gasteiger partial charge is 0.396 e. The highest BCUT2D eigenvalue weighted by atomic mass is 16.3. The van der Waals surface area contributed by atoms with E-state index < -0.39 is 12.2 Å². The molecule has 0 spiro atoms. The molecule has 8 heteroatoms. The first-order valence-corrected chi connectivity index (χ1v) is 9.45. The van der Waals surface area contributed by atoms with E-state index in [0.29, 0.717) is 12.4 Å². The van der Waals surface area contributed by atoms with Crippen LogP contribution in [-0.4, -0.2) is 70.1 Å². The summed E-state index contributed by atoms with van der Waals surface area (Å²) in [5.41, 5.74) is 4.26. The molecule has 0 radical (unpaired) electrons. The molecule has 8 nitrogen and oxygen atoms in total. The number of imide groups is 1. The smallest absolute Gasteiger partial charge is 0.328 e. The number of allylic oxidation sites excluding steroid dienone is 1. The molecule has 1 N–H and O–H groups in total. The van der Waals surface area contributed by atoms with Crippen molar-refractivity contribution in [3.63, 3.8) is 0 Å². The van der Waals surface area contributed by atoms with Crippen LogP contribution in [0.25, 0.3) is 0 Å². The maximum absolute atomic E-state index is 13.1. The number of fused-ring (bicyclic) bond motifs is 3. The van der Waals surface area contributed by atoms with Gasteiger partial charge in [0.2, 0.25) is 5.96 Å². The van der Waals surface area contributed by atoms with Gasteiger partial charge in [0.15, 0.2) is 12.2 Å². The molecule has 0 aromatic heterocycles. The Morgan fingerprint density at radius 2 is 1.79 bits per heavy atom. The topological polar surface area (TPSA) is 79.7 Å². The Labute approximate surface area is 164 Å². The van der Waals surface area contributed by atoms with E-state index in [4.69, 9.17) is 10.1 Å². The van der Waals surface area contributed by atoms with Gasteiger partial charge in [-0.25, -0.2) is 9.79 Å². The molecule has 28 heavy (non-hydrogen) atoms. The molecular weight excluding hydrogens is 358 g/mol. The molecule has 2 atom stereocenters. The van der Waals surface area contributed by atoms with Crippen molar-refractivity contribution in [3.05, 3.63) is 41.2 Å². The third kappa shape index (κ3) is 2.67. The SMILES string of the molecule is CC1=CN2C(=NC3C2C(=O)N(CCCO)C(=O)N3C)N1c1cc(C)cc(C)c1. The molecule has 0 aliphatic carbocycles. The molecule has 148 valence electrons. The number of hydrogen-bond donors (Lipinski definition) is 1. The zero-order valence-electron chi connectivity index (χ0n) is 16.6. The van der Waals surface area contributed by atoms with E-state index in [1.165, 1.54) is 9.80 Å². The van der Waals surface area contributed by atoms with Crippen molar-refractivity contribution in [3.8, 4) is 0 Å². The molecule has 0 saturated carbocycles. The average molecular weight is 383 g/mol. The zero-order valence-corrected chi connectivity index (χ0v) is 16.6. The van der Waals surface area contributed by atoms with Gasteiger partial charge in [0.1, 0.15) is 0 Å². The van der Waals surface area contributed by atoms with Crippen molar-refractivity contribution < 1.29 is 14.7 Å². The van der Waals surface area contributed by atoms with Gasteiger partial charge in [-0.1, -0.05) is 6.07 Å². The average Bonchev–Trinajstić information content (AvgIpc) is 3.13. The number of rotatable bonds is 4. The highest BCUT2D eigenvalue weighted by Crippen LogP contribution is 2.37. The number of hydrogen-bond acceptors (Lipinski definition) is 6. The lowest BCUT2D eigenvalue weighted by molar-refractivity contribution is -0.136. The molecule has 1 aromatic carbocycles. The van der Waals surface area contributed by atoms with Crippen molar-refractivity contribution in [2.75, 3.05) is 25.1 Å². The number of carbonyl (C=O) groups is 2. The predicted molar refractivity (Wildman–Crippen MR) is 106 cm³/mol. The Balaban J connectivity index is 1.71. The summed E-state index contributed by atoms with van der Waals surface area (Å²) >= 11 is 0. The number of aliphatic hydroxyl groups is 1. The van der Waals surface area contributed by atoms with Gasteiger partial charge in [-0.3, -0.25) is 14.6 Å². The van der Waals surface area contributed by atoms with Crippen LogP contribution in [0.15, 0.2) is 35.1 Å². The van der Waals surface area contributed by atoms with Gasteiger partial charge < -0.3 is 14.9 Å². The van der Waals surface area contributed by atoms with Crippen molar-refractivity contribution in [1.29, 1.82) is 0 Å². The summed E-state index contributed by atoms with van der Waals surface area (Å²) in [5, 5.41) is 9.10. The number of aryl methyl sites for hydroxylation is 2. The van der Waals surface area contributed by atoms with Crippen molar-refractivity contribution in [1.82, 2.24) is 14.7 Å². The van der Waals surface area contributed by atoms with Crippen LogP contribution in [-0.2, 0) is 4.79 Å². The molecule has 1 fully saturated rings. The van der Waals surface area contributed by atoms with Gasteiger partial charge in [-0.2, -0.15) is 0 Å². The molecule has 4 rings (SSSR count). The second kappa shape index (κ2) is 6.63. The van der Waals surface area contributed by atoms with Gasteiger partial charge in [0, 0.05) is 37.8 Å². The monoisotopic (exact) mass is 383 g/mol. The number of aliphatic hydroxyl groups excluding tert-OH is 1. The number of carbonyl (C=O) groups excluding carboxylic acids is 2. The van der Waals surface area contributed by atoms with Crippen LogP contribution >= 0.6 is 0 Å². The zero-order chi connectivity index (χ0) is 20.2. The fourth-order valence-electron chi connectivity index (χ4n) is 4.19. The van der Waals surface area contributed by atoms with Gasteiger partial charge in [-0.05, 0) is 50.5 Å². The van der Waals surface area contributed by atoms with Crippen molar-refractivity contribution >= 4 is 23.6 Å². The predicted octanol–water partition coefficient (Wildman–Crippen LogP) is 1.63. The van der Waals surface area contributed by atoms with Gasteiger partial charge in [-0.15, -0.1) is 0 Å². The maximum Gasteiger partial charge on any atom is 0.328 e. The highest BCUT2D eigenvalue weighted by Gasteiger charge is 2.54. The standard InChI is InChI=1S/C20H25N5O3/c1-12-8-13(2)10-15(9-12)25-14(3)11-24-16-17(21-19(24)25)22(4)20(28)23(18(16)27)6-5-7-26/h8-11,16-17,26H,5-7H2,1-4H3. The minimum absolute atomic E-state index is 0.0696. The Hall–Kier alpha value is -2.87. The Bertz CT molecular complexity index is 889. The number of urea groups is 1. The minimum Gasteiger partial charge on any atom is -0.396 e. The van der Waals surface area contributed by atoms with E-state index in [1.54, 1.807) is 7.05 Å². The molecule has 1 aromatic rings. The Kier molecular flexibility index (Phi) is 4.38. The molecule has 3 amide bonds. The van der Waals surface area contributed by atoms with Crippen molar-refractivity contribution in [2.45, 2.75) is 39.4 Å². The summed E-state index contributed by atoms with van der Waals surface area (Å²) in [6, 6.07) is 5.33. The number of amides is 3. The lowest BCUT2D eigenvalue weighted by atomic mass is 10.1. The fraction of sp³-hybridized carbons (Fsp3) is 0.450. The van der Waals surface area contributed by atoms with Crippen LogP contribution in [0.5, 0.6) is 0 Å². The maximum atomic E-state index is 13.1. The van der Waals surface area contributed by atoms with Crippen LogP contribution in [0.2, 0.25) is 0 Å². The van der Waals surface area contributed by atoms with Crippen LogP contribution in [0.1, 0.15) is 24.5 Å².